The Hall–Kier alpha value is -1.89. The van der Waals surface area contributed by atoms with Gasteiger partial charge in [0.25, 0.3) is 5.91 Å². The summed E-state index contributed by atoms with van der Waals surface area (Å²) in [5, 5.41) is 20.8. The molecule has 0 saturated carbocycles. The topological polar surface area (TPSA) is 85.8 Å². The number of aliphatic hydroxyl groups is 2. The minimum Gasteiger partial charge on any atom is -0.390 e. The summed E-state index contributed by atoms with van der Waals surface area (Å²) in [5.74, 6) is -0.414. The maximum Gasteiger partial charge on any atom is 0.255 e. The minimum absolute atomic E-state index is 0.117. The molecule has 2 aromatic rings. The number of hydrogen-bond acceptors (Lipinski definition) is 4. The lowest BCUT2D eigenvalue weighted by Gasteiger charge is -2.34. The van der Waals surface area contributed by atoms with Crippen molar-refractivity contribution >= 4 is 16.8 Å². The van der Waals surface area contributed by atoms with Crippen LogP contribution in [0.5, 0.6) is 0 Å². The van der Waals surface area contributed by atoms with Crippen LogP contribution in [0.2, 0.25) is 0 Å². The first-order valence-electron chi connectivity index (χ1n) is 8.17. The van der Waals surface area contributed by atoms with Crippen molar-refractivity contribution in [2.75, 3.05) is 26.8 Å². The van der Waals surface area contributed by atoms with Gasteiger partial charge in [-0.1, -0.05) is 12.1 Å². The lowest BCUT2D eigenvalue weighted by Crippen LogP contribution is -2.48. The van der Waals surface area contributed by atoms with E-state index >= 15 is 0 Å². The zero-order valence-electron chi connectivity index (χ0n) is 14.2. The van der Waals surface area contributed by atoms with E-state index in [1.807, 2.05) is 26.0 Å². The highest BCUT2D eigenvalue weighted by molar-refractivity contribution is 6.06. The quantitative estimate of drug-likeness (QED) is 0.789. The average Bonchev–Trinajstić information content (AvgIpc) is 2.86. The monoisotopic (exact) mass is 332 g/mol. The number of carbonyl (C=O) groups is 1. The lowest BCUT2D eigenvalue weighted by molar-refractivity contribution is -0.123. The van der Waals surface area contributed by atoms with Gasteiger partial charge in [0.2, 0.25) is 0 Å². The lowest BCUT2D eigenvalue weighted by atomic mass is 9.96. The number of H-pyrrole nitrogens is 1. The highest BCUT2D eigenvalue weighted by Crippen LogP contribution is 2.25. The Morgan fingerprint density at radius 1 is 1.33 bits per heavy atom. The van der Waals surface area contributed by atoms with E-state index in [4.69, 9.17) is 4.74 Å². The Balaban J connectivity index is 1.82. The van der Waals surface area contributed by atoms with Crippen molar-refractivity contribution in [3.8, 4) is 0 Å². The van der Waals surface area contributed by atoms with Gasteiger partial charge in [-0.3, -0.25) is 4.79 Å². The van der Waals surface area contributed by atoms with E-state index in [1.54, 1.807) is 18.0 Å². The predicted molar refractivity (Wildman–Crippen MR) is 91.1 cm³/mol. The number of fused-ring (bicyclic) bond motifs is 1. The average molecular weight is 332 g/mol. The van der Waals surface area contributed by atoms with Gasteiger partial charge >= 0.3 is 0 Å². The van der Waals surface area contributed by atoms with Crippen molar-refractivity contribution < 1.29 is 19.7 Å². The molecule has 1 aromatic heterocycles. The van der Waals surface area contributed by atoms with Crippen LogP contribution in [0, 0.1) is 19.8 Å². The van der Waals surface area contributed by atoms with Crippen LogP contribution in [0.3, 0.4) is 0 Å². The molecule has 24 heavy (non-hydrogen) atoms. The number of amides is 1. The van der Waals surface area contributed by atoms with Crippen LogP contribution in [-0.2, 0) is 4.74 Å². The fourth-order valence-corrected chi connectivity index (χ4v) is 3.31. The summed E-state index contributed by atoms with van der Waals surface area (Å²) in [6.07, 6.45) is -1.77. The molecule has 6 nitrogen and oxygen atoms in total. The van der Waals surface area contributed by atoms with E-state index in [-0.39, 0.29) is 18.4 Å². The van der Waals surface area contributed by atoms with Crippen LogP contribution in [0.4, 0.5) is 0 Å². The van der Waals surface area contributed by atoms with E-state index < -0.39 is 12.2 Å². The van der Waals surface area contributed by atoms with Gasteiger partial charge in [-0.05, 0) is 25.5 Å². The summed E-state index contributed by atoms with van der Waals surface area (Å²) in [6.45, 7) is 4.82. The van der Waals surface area contributed by atoms with Crippen LogP contribution in [0.25, 0.3) is 10.9 Å². The first-order chi connectivity index (χ1) is 11.4. The molecule has 1 aromatic carbocycles. The van der Waals surface area contributed by atoms with Crippen molar-refractivity contribution in [2.45, 2.75) is 26.1 Å². The second-order valence-electron chi connectivity index (χ2n) is 6.64. The molecule has 1 saturated heterocycles. The molecule has 0 unspecified atom stereocenters. The molecular formula is C18H24N2O4. The van der Waals surface area contributed by atoms with Crippen molar-refractivity contribution in [3.63, 3.8) is 0 Å². The molecule has 1 aliphatic heterocycles. The highest BCUT2D eigenvalue weighted by Gasteiger charge is 2.33. The number of para-hydroxylation sites is 1. The van der Waals surface area contributed by atoms with Gasteiger partial charge in [0, 0.05) is 30.6 Å². The third-order valence-electron chi connectivity index (χ3n) is 4.93. The Morgan fingerprint density at radius 2 is 2.08 bits per heavy atom. The Bertz CT molecular complexity index is 755. The fraction of sp³-hybridized carbons (Fsp3) is 0.500. The Morgan fingerprint density at radius 3 is 2.83 bits per heavy atom. The predicted octanol–water partition coefficient (Wildman–Crippen LogP) is 1.22. The number of ether oxygens (including phenoxy) is 1. The van der Waals surface area contributed by atoms with Crippen LogP contribution < -0.4 is 0 Å². The highest BCUT2D eigenvalue weighted by atomic mass is 16.5. The number of rotatable bonds is 3. The molecule has 1 fully saturated rings. The number of benzene rings is 1. The van der Waals surface area contributed by atoms with Gasteiger partial charge in [-0.2, -0.15) is 0 Å². The molecule has 2 heterocycles. The van der Waals surface area contributed by atoms with Gasteiger partial charge in [0.1, 0.15) is 6.10 Å². The minimum atomic E-state index is -0.899. The number of aromatic amines is 1. The summed E-state index contributed by atoms with van der Waals surface area (Å²) in [5.41, 5.74) is 3.64. The van der Waals surface area contributed by atoms with Crippen molar-refractivity contribution in [3.05, 3.63) is 35.0 Å². The molecule has 0 aliphatic carbocycles. The maximum atomic E-state index is 12.9. The van der Waals surface area contributed by atoms with Gasteiger partial charge in [-0.15, -0.1) is 0 Å². The zero-order chi connectivity index (χ0) is 17.4. The number of aromatic nitrogens is 1. The van der Waals surface area contributed by atoms with E-state index in [0.717, 1.165) is 22.2 Å². The number of nitrogens with one attached hydrogen (secondary N) is 1. The van der Waals surface area contributed by atoms with Crippen molar-refractivity contribution in [2.24, 2.45) is 5.92 Å². The molecule has 0 radical (unpaired) electrons. The number of aryl methyl sites for hydroxylation is 2. The smallest absolute Gasteiger partial charge is 0.255 e. The molecule has 3 atom stereocenters. The van der Waals surface area contributed by atoms with E-state index in [2.05, 4.69) is 4.98 Å². The summed E-state index contributed by atoms with van der Waals surface area (Å²) < 4.78 is 5.29. The molecule has 0 bridgehead atoms. The molecule has 1 amide bonds. The summed E-state index contributed by atoms with van der Waals surface area (Å²) in [4.78, 5) is 17.7. The Kier molecular flexibility index (Phi) is 4.62. The first-order valence-corrected chi connectivity index (χ1v) is 8.17. The molecule has 3 N–H and O–H groups in total. The second-order valence-corrected chi connectivity index (χ2v) is 6.64. The molecule has 6 heteroatoms. The third kappa shape index (κ3) is 2.92. The van der Waals surface area contributed by atoms with E-state index in [0.29, 0.717) is 18.7 Å². The zero-order valence-corrected chi connectivity index (χ0v) is 14.2. The summed E-state index contributed by atoms with van der Waals surface area (Å²) in [7, 11) is 1.71. The number of carbonyl (C=O) groups excluding carboxylic acids is 1. The van der Waals surface area contributed by atoms with Crippen molar-refractivity contribution in [1.29, 1.82) is 0 Å². The second kappa shape index (κ2) is 6.55. The number of hydrogen-bond donors (Lipinski definition) is 3. The summed E-state index contributed by atoms with van der Waals surface area (Å²) >= 11 is 0. The van der Waals surface area contributed by atoms with Crippen molar-refractivity contribution in [1.82, 2.24) is 9.88 Å². The standard InChI is InChI=1S/C18H24N2O4/c1-10-11(2)19-16-13(10)5-4-6-14(16)18(23)20(3)7-12-8-24-9-15(21)17(12)22/h4-6,12,15,17,19,21-22H,7-9H2,1-3H3/t12-,15-,17+/m1/s1. The third-order valence-corrected chi connectivity index (χ3v) is 4.93. The van der Waals surface area contributed by atoms with Crippen LogP contribution in [0.15, 0.2) is 18.2 Å². The number of aliphatic hydroxyl groups excluding tert-OH is 2. The SMILES string of the molecule is Cc1[nH]c2c(C(=O)N(C)C[C@@H]3COC[C@@H](O)[C@H]3O)cccc2c1C. The largest absolute Gasteiger partial charge is 0.390 e. The first kappa shape index (κ1) is 17.0. The van der Waals surface area contributed by atoms with Gasteiger partial charge < -0.3 is 24.8 Å². The van der Waals surface area contributed by atoms with E-state index in [1.165, 1.54) is 0 Å². The fourth-order valence-electron chi connectivity index (χ4n) is 3.31. The van der Waals surface area contributed by atoms with Crippen LogP contribution in [-0.4, -0.2) is 65.0 Å². The number of nitrogens with zero attached hydrogens (tertiary/aromatic N) is 1. The molecular weight excluding hydrogens is 308 g/mol. The molecule has 130 valence electrons. The normalized spacial score (nSPS) is 24.3. The van der Waals surface area contributed by atoms with Crippen LogP contribution >= 0.6 is 0 Å². The Labute approximate surface area is 141 Å². The van der Waals surface area contributed by atoms with Gasteiger partial charge in [-0.25, -0.2) is 0 Å². The van der Waals surface area contributed by atoms with Gasteiger partial charge in [0.05, 0.1) is 30.4 Å². The van der Waals surface area contributed by atoms with E-state index in [9.17, 15) is 15.0 Å². The van der Waals surface area contributed by atoms with Crippen LogP contribution in [0.1, 0.15) is 21.6 Å². The maximum absolute atomic E-state index is 12.9. The molecule has 0 spiro atoms. The summed E-state index contributed by atoms with van der Waals surface area (Å²) in [6, 6.07) is 5.69. The van der Waals surface area contributed by atoms with Gasteiger partial charge in [0.15, 0.2) is 0 Å². The molecule has 1 aliphatic rings. The molecule has 3 rings (SSSR count).